The maximum Gasteiger partial charge on any atom is 0.555 e. The smallest absolute Gasteiger partial charge is 0.504 e. The molecule has 0 spiro atoms. The van der Waals surface area contributed by atoms with Gasteiger partial charge in [0.2, 0.25) is 0 Å². The molecule has 0 N–H and O–H groups in total. The van der Waals surface area contributed by atoms with E-state index in [1.165, 1.54) is 0 Å². The Labute approximate surface area is 168 Å². The van der Waals surface area contributed by atoms with Crippen LogP contribution in [-0.4, -0.2) is 12.5 Å². The molecule has 0 amide bonds. The molecule has 2 nitrogen and oxygen atoms in total. The van der Waals surface area contributed by atoms with Crippen molar-refractivity contribution >= 4 is 101 Å². The molecule has 0 radical (unpaired) electrons. The molecule has 0 saturated carbocycles. The molecule has 0 aliphatic carbocycles. The van der Waals surface area contributed by atoms with E-state index in [0.29, 0.717) is 10.8 Å². The van der Waals surface area contributed by atoms with E-state index in [1.54, 1.807) is 0 Å². The van der Waals surface area contributed by atoms with Gasteiger partial charge in [-0.2, -0.15) is 0 Å². The minimum atomic E-state index is -3.49. The van der Waals surface area contributed by atoms with Crippen molar-refractivity contribution in [3.05, 3.63) is 48.5 Å². The van der Waals surface area contributed by atoms with E-state index >= 15 is 0 Å². The fourth-order valence-electron chi connectivity index (χ4n) is 2.51. The Balaban J connectivity index is 2.43. The lowest BCUT2D eigenvalue weighted by Crippen LogP contribution is -2.24. The van der Waals surface area contributed by atoms with Gasteiger partial charge in [0.25, 0.3) is 0 Å². The summed E-state index contributed by atoms with van der Waals surface area (Å²) in [5.41, 5.74) is 0. The minimum Gasteiger partial charge on any atom is -0.504 e. The molecule has 0 bridgehead atoms. The van der Waals surface area contributed by atoms with E-state index in [-0.39, 0.29) is 11.5 Å². The number of rotatable bonds is 4. The third kappa shape index (κ3) is 4.19. The van der Waals surface area contributed by atoms with Gasteiger partial charge in [-0.1, -0.05) is 115 Å². The van der Waals surface area contributed by atoms with Gasteiger partial charge in [-0.25, -0.2) is 0 Å². The van der Waals surface area contributed by atoms with Crippen LogP contribution in [0.4, 0.5) is 0 Å². The van der Waals surface area contributed by atoms with Crippen LogP contribution >= 0.6 is 66.5 Å². The van der Waals surface area contributed by atoms with Crippen LogP contribution in [0.15, 0.2) is 48.5 Å². The third-order valence-electron chi connectivity index (χ3n) is 3.28. The van der Waals surface area contributed by atoms with Crippen molar-refractivity contribution < 1.29 is 8.85 Å². The first-order valence-corrected chi connectivity index (χ1v) is 16.5. The van der Waals surface area contributed by atoms with Gasteiger partial charge >= 0.3 is 12.5 Å². The predicted octanol–water partition coefficient (Wildman–Crippen LogP) is 7.05. The lowest BCUT2D eigenvalue weighted by Gasteiger charge is -2.22. The number of fused-ring (bicyclic) bond motifs is 3. The second kappa shape index (κ2) is 6.93. The lowest BCUT2D eigenvalue weighted by molar-refractivity contribution is 0.533. The lowest BCUT2D eigenvalue weighted by atomic mass is 10.0. The molecular weight excluding hydrogens is 469 g/mol. The molecule has 3 rings (SSSR count). The highest BCUT2D eigenvalue weighted by molar-refractivity contribution is 7.62. The Morgan fingerprint density at radius 2 is 0.792 bits per heavy atom. The van der Waals surface area contributed by atoms with Crippen molar-refractivity contribution in [2.45, 2.75) is 0 Å². The van der Waals surface area contributed by atoms with Crippen LogP contribution < -0.4 is 8.85 Å². The maximum absolute atomic E-state index is 5.97. The zero-order valence-corrected chi connectivity index (χ0v) is 18.2. The second-order valence-electron chi connectivity index (χ2n) is 4.85. The van der Waals surface area contributed by atoms with Crippen LogP contribution in [0.2, 0.25) is 0 Å². The number of hydrogen-bond donors (Lipinski definition) is 0. The summed E-state index contributed by atoms with van der Waals surface area (Å²) < 4.78 is 11.3. The quantitative estimate of drug-likeness (QED) is 0.228. The van der Waals surface area contributed by atoms with Gasteiger partial charge in [0.1, 0.15) is 0 Å². The molecular formula is C14H8Cl6O2Si2. The summed E-state index contributed by atoms with van der Waals surface area (Å²) in [6, 6.07) is 15.1. The highest BCUT2D eigenvalue weighted by Gasteiger charge is 2.37. The van der Waals surface area contributed by atoms with Crippen molar-refractivity contribution in [2.75, 3.05) is 0 Å². The molecule has 0 saturated heterocycles. The minimum absolute atomic E-state index is 0.273. The Morgan fingerprint density at radius 3 is 1.08 bits per heavy atom. The van der Waals surface area contributed by atoms with Gasteiger partial charge < -0.3 is 8.85 Å². The van der Waals surface area contributed by atoms with E-state index in [9.17, 15) is 0 Å². The topological polar surface area (TPSA) is 18.5 Å². The van der Waals surface area contributed by atoms with Crippen LogP contribution in [-0.2, 0) is 0 Å². The van der Waals surface area contributed by atoms with Crippen molar-refractivity contribution in [3.8, 4) is 11.5 Å². The number of benzene rings is 3. The zero-order valence-electron chi connectivity index (χ0n) is 11.7. The van der Waals surface area contributed by atoms with Gasteiger partial charge in [-0.15, -0.1) is 0 Å². The molecule has 126 valence electrons. The number of halogens is 6. The van der Waals surface area contributed by atoms with Crippen LogP contribution in [0.3, 0.4) is 0 Å². The molecule has 3 aromatic rings. The summed E-state index contributed by atoms with van der Waals surface area (Å²) in [6.07, 6.45) is -6.97. The van der Waals surface area contributed by atoms with Crippen LogP contribution in [0.25, 0.3) is 21.5 Å². The van der Waals surface area contributed by atoms with Gasteiger partial charge in [0.15, 0.2) is 11.5 Å². The molecule has 0 fully saturated rings. The predicted molar refractivity (Wildman–Crippen MR) is 109 cm³/mol. The molecule has 24 heavy (non-hydrogen) atoms. The van der Waals surface area contributed by atoms with E-state index < -0.39 is 12.5 Å². The average molecular weight is 477 g/mol. The molecule has 0 aliphatic rings. The Morgan fingerprint density at radius 1 is 0.500 bits per heavy atom. The normalized spacial score (nSPS) is 12.6. The van der Waals surface area contributed by atoms with E-state index in [0.717, 1.165) is 10.8 Å². The van der Waals surface area contributed by atoms with Crippen molar-refractivity contribution in [1.82, 2.24) is 0 Å². The highest BCUT2D eigenvalue weighted by Crippen LogP contribution is 2.47. The van der Waals surface area contributed by atoms with E-state index in [4.69, 9.17) is 75.3 Å². The first kappa shape index (κ1) is 18.7. The first-order valence-electron chi connectivity index (χ1n) is 6.61. The van der Waals surface area contributed by atoms with Crippen molar-refractivity contribution in [2.24, 2.45) is 0 Å². The van der Waals surface area contributed by atoms with Crippen molar-refractivity contribution in [3.63, 3.8) is 0 Å². The molecule has 0 aliphatic heterocycles. The highest BCUT2D eigenvalue weighted by atomic mass is 35.8. The standard InChI is InChI=1S/C14H8Cl6O2Si2/c15-23(16,17)21-13-11-7-3-1-5-9(11)10-6-2-4-8-12(10)14(13)22-24(18,19)20/h1-8H. The third-order valence-corrected chi connectivity index (χ3v) is 5.54. The largest absolute Gasteiger partial charge is 0.555 e. The summed E-state index contributed by atoms with van der Waals surface area (Å²) in [5, 5.41) is 3.27. The first-order chi connectivity index (χ1) is 11.2. The summed E-state index contributed by atoms with van der Waals surface area (Å²) in [7, 11) is 0. The van der Waals surface area contributed by atoms with E-state index in [2.05, 4.69) is 0 Å². The van der Waals surface area contributed by atoms with Gasteiger partial charge in [-0.3, -0.25) is 0 Å². The van der Waals surface area contributed by atoms with Crippen LogP contribution in [0.5, 0.6) is 11.5 Å². The summed E-state index contributed by atoms with van der Waals surface area (Å²) in [5.74, 6) is 0.546. The molecule has 0 aromatic heterocycles. The average Bonchev–Trinajstić information content (AvgIpc) is 2.48. The monoisotopic (exact) mass is 474 g/mol. The van der Waals surface area contributed by atoms with Crippen molar-refractivity contribution in [1.29, 1.82) is 0 Å². The summed E-state index contributed by atoms with van der Waals surface area (Å²) >= 11 is 35.8. The summed E-state index contributed by atoms with van der Waals surface area (Å²) in [4.78, 5) is 0. The Kier molecular flexibility index (Phi) is 5.41. The zero-order chi connectivity index (χ0) is 17.5. The molecule has 0 unspecified atom stereocenters. The second-order valence-corrected chi connectivity index (χ2v) is 20.1. The molecule has 3 aromatic carbocycles. The fourth-order valence-corrected chi connectivity index (χ4v) is 4.77. The van der Waals surface area contributed by atoms with Crippen LogP contribution in [0, 0.1) is 0 Å². The molecule has 0 atom stereocenters. The molecule has 10 heteroatoms. The van der Waals surface area contributed by atoms with Crippen LogP contribution in [0.1, 0.15) is 0 Å². The van der Waals surface area contributed by atoms with Gasteiger partial charge in [0.05, 0.1) is 0 Å². The fraction of sp³-hybridized carbons (Fsp3) is 0. The Hall–Kier alpha value is -0.0462. The van der Waals surface area contributed by atoms with E-state index in [1.807, 2.05) is 48.5 Å². The van der Waals surface area contributed by atoms with Gasteiger partial charge in [0, 0.05) is 10.8 Å². The number of hydrogen-bond acceptors (Lipinski definition) is 2. The Bertz CT molecular complexity index is 833. The maximum atomic E-state index is 5.97. The van der Waals surface area contributed by atoms with Gasteiger partial charge in [-0.05, 0) is 10.8 Å². The summed E-state index contributed by atoms with van der Waals surface area (Å²) in [6.45, 7) is 0. The molecule has 0 heterocycles. The SMILES string of the molecule is Cl[Si](Cl)(Cl)Oc1c(O[Si](Cl)(Cl)Cl)c2ccccc2c2ccccc12.